The molecule has 2 N–H and O–H groups in total. The van der Waals surface area contributed by atoms with Gasteiger partial charge in [0.15, 0.2) is 11.5 Å². The highest BCUT2D eigenvalue weighted by molar-refractivity contribution is 7.92. The van der Waals surface area contributed by atoms with Gasteiger partial charge in [0.1, 0.15) is 19.0 Å². The van der Waals surface area contributed by atoms with E-state index >= 15 is 0 Å². The quantitative estimate of drug-likeness (QED) is 0.611. The molecule has 0 saturated carbocycles. The molecule has 1 aliphatic rings. The van der Waals surface area contributed by atoms with Crippen molar-refractivity contribution in [2.45, 2.75) is 11.4 Å². The smallest absolute Gasteiger partial charge is 0.261 e. The van der Waals surface area contributed by atoms with Gasteiger partial charge in [-0.1, -0.05) is 6.07 Å². The van der Waals surface area contributed by atoms with Crippen molar-refractivity contribution < 1.29 is 27.1 Å². The topological polar surface area (TPSA) is 93.7 Å². The molecule has 3 aromatic rings. The van der Waals surface area contributed by atoms with Crippen LogP contribution in [0.2, 0.25) is 0 Å². The van der Waals surface area contributed by atoms with Crippen molar-refractivity contribution in [3.63, 3.8) is 0 Å². The lowest BCUT2D eigenvalue weighted by atomic mass is 10.1. The maximum absolute atomic E-state index is 13.0. The van der Waals surface area contributed by atoms with Crippen molar-refractivity contribution in [2.75, 3.05) is 17.9 Å². The Balaban J connectivity index is 1.39. The fraction of sp³-hybridized carbons (Fsp3) is 0.136. The summed E-state index contributed by atoms with van der Waals surface area (Å²) in [7, 11) is -3.86. The third kappa shape index (κ3) is 4.95. The minimum absolute atomic E-state index is 0.0137. The molecule has 160 valence electrons. The van der Waals surface area contributed by atoms with Crippen molar-refractivity contribution in [1.29, 1.82) is 0 Å². The number of benzene rings is 3. The summed E-state index contributed by atoms with van der Waals surface area (Å²) in [6.07, 6.45) is 0. The number of ether oxygens (including phenoxy) is 2. The molecule has 31 heavy (non-hydrogen) atoms. The molecule has 1 aliphatic heterocycles. The van der Waals surface area contributed by atoms with Gasteiger partial charge in [-0.05, 0) is 66.2 Å². The number of hydrogen-bond donors (Lipinski definition) is 2. The number of rotatable bonds is 6. The Labute approximate surface area is 178 Å². The summed E-state index contributed by atoms with van der Waals surface area (Å²) >= 11 is 0. The van der Waals surface area contributed by atoms with E-state index in [9.17, 15) is 17.6 Å². The third-order valence-corrected chi connectivity index (χ3v) is 5.98. The molecule has 0 spiro atoms. The fourth-order valence-corrected chi connectivity index (χ4v) is 4.06. The van der Waals surface area contributed by atoms with Gasteiger partial charge in [-0.2, -0.15) is 0 Å². The molecular formula is C22H19FN2O5S. The Bertz CT molecular complexity index is 1200. The van der Waals surface area contributed by atoms with Crippen LogP contribution in [0.25, 0.3) is 0 Å². The SMILES string of the molecule is O=C(NCc1ccc2c(c1)OCCO2)c1ccc(S(=O)(=O)Nc2ccc(F)cc2)cc1. The van der Waals surface area contributed by atoms with Crippen LogP contribution in [0.1, 0.15) is 15.9 Å². The first-order chi connectivity index (χ1) is 14.9. The van der Waals surface area contributed by atoms with E-state index in [1.54, 1.807) is 6.07 Å². The molecule has 9 heteroatoms. The molecule has 0 unspecified atom stereocenters. The first kappa shape index (κ1) is 20.7. The maximum Gasteiger partial charge on any atom is 0.261 e. The van der Waals surface area contributed by atoms with Crippen molar-refractivity contribution in [1.82, 2.24) is 5.32 Å². The average Bonchev–Trinajstić information content (AvgIpc) is 2.79. The molecule has 0 bridgehead atoms. The second-order valence-electron chi connectivity index (χ2n) is 6.80. The van der Waals surface area contributed by atoms with Crippen LogP contribution in [0.4, 0.5) is 10.1 Å². The summed E-state index contributed by atoms with van der Waals surface area (Å²) in [6.45, 7) is 1.27. The number of halogens is 1. The molecule has 0 aromatic heterocycles. The van der Waals surface area contributed by atoms with Gasteiger partial charge < -0.3 is 14.8 Å². The predicted octanol–water partition coefficient (Wildman–Crippen LogP) is 3.33. The maximum atomic E-state index is 13.0. The lowest BCUT2D eigenvalue weighted by Crippen LogP contribution is -2.23. The molecule has 0 saturated heterocycles. The van der Waals surface area contributed by atoms with Crippen LogP contribution in [-0.2, 0) is 16.6 Å². The van der Waals surface area contributed by atoms with Crippen LogP contribution in [0.15, 0.2) is 71.6 Å². The highest BCUT2D eigenvalue weighted by atomic mass is 32.2. The molecule has 1 amide bonds. The monoisotopic (exact) mass is 442 g/mol. The van der Waals surface area contributed by atoms with Crippen LogP contribution in [-0.4, -0.2) is 27.5 Å². The number of hydrogen-bond acceptors (Lipinski definition) is 5. The Morgan fingerprint density at radius 3 is 2.29 bits per heavy atom. The van der Waals surface area contributed by atoms with E-state index < -0.39 is 15.8 Å². The molecule has 0 fully saturated rings. The zero-order chi connectivity index (χ0) is 21.8. The average molecular weight is 442 g/mol. The standard InChI is InChI=1S/C22H19FN2O5S/c23-17-4-6-18(7-5-17)25-31(27,28)19-8-2-16(3-9-19)22(26)24-14-15-1-10-20-21(13-15)30-12-11-29-20/h1-10,13,25H,11-12,14H2,(H,24,26). The zero-order valence-electron chi connectivity index (χ0n) is 16.3. The Morgan fingerprint density at radius 2 is 1.58 bits per heavy atom. The minimum atomic E-state index is -3.86. The van der Waals surface area contributed by atoms with Crippen LogP contribution in [0.5, 0.6) is 11.5 Å². The molecule has 3 aromatic carbocycles. The van der Waals surface area contributed by atoms with Gasteiger partial charge in [-0.3, -0.25) is 9.52 Å². The van der Waals surface area contributed by atoms with E-state index in [1.165, 1.54) is 36.4 Å². The Hall–Kier alpha value is -3.59. The van der Waals surface area contributed by atoms with E-state index in [1.807, 2.05) is 12.1 Å². The van der Waals surface area contributed by atoms with Gasteiger partial charge in [-0.15, -0.1) is 0 Å². The van der Waals surface area contributed by atoms with Gasteiger partial charge in [-0.25, -0.2) is 12.8 Å². The largest absolute Gasteiger partial charge is 0.486 e. The number of sulfonamides is 1. The first-order valence-electron chi connectivity index (χ1n) is 9.46. The van der Waals surface area contributed by atoms with Crippen molar-refractivity contribution in [2.24, 2.45) is 0 Å². The van der Waals surface area contributed by atoms with E-state index in [2.05, 4.69) is 10.0 Å². The molecule has 0 atom stereocenters. The summed E-state index contributed by atoms with van der Waals surface area (Å²) in [5.41, 5.74) is 1.40. The molecule has 0 aliphatic carbocycles. The molecule has 1 heterocycles. The summed E-state index contributed by atoms with van der Waals surface area (Å²) in [5.74, 6) is 0.508. The summed E-state index contributed by atoms with van der Waals surface area (Å²) in [6, 6.07) is 15.9. The number of nitrogens with one attached hydrogen (secondary N) is 2. The minimum Gasteiger partial charge on any atom is -0.486 e. The highest BCUT2D eigenvalue weighted by Gasteiger charge is 2.16. The molecular weight excluding hydrogens is 423 g/mol. The lowest BCUT2D eigenvalue weighted by molar-refractivity contribution is 0.0950. The number of carbonyl (C=O) groups excluding carboxylic acids is 1. The molecule has 7 nitrogen and oxygen atoms in total. The van der Waals surface area contributed by atoms with Gasteiger partial charge in [0.25, 0.3) is 15.9 Å². The first-order valence-corrected chi connectivity index (χ1v) is 10.9. The van der Waals surface area contributed by atoms with Gasteiger partial charge in [0, 0.05) is 17.8 Å². The van der Waals surface area contributed by atoms with Gasteiger partial charge in [0.05, 0.1) is 4.90 Å². The van der Waals surface area contributed by atoms with Crippen LogP contribution < -0.4 is 19.5 Å². The van der Waals surface area contributed by atoms with E-state index in [0.717, 1.165) is 17.7 Å². The Kier molecular flexibility index (Phi) is 5.77. The third-order valence-electron chi connectivity index (χ3n) is 4.58. The second-order valence-corrected chi connectivity index (χ2v) is 8.48. The fourth-order valence-electron chi connectivity index (χ4n) is 3.00. The van der Waals surface area contributed by atoms with Gasteiger partial charge >= 0.3 is 0 Å². The van der Waals surface area contributed by atoms with Crippen molar-refractivity contribution in [3.05, 3.63) is 83.7 Å². The normalized spacial score (nSPS) is 12.8. The van der Waals surface area contributed by atoms with Crippen molar-refractivity contribution in [3.8, 4) is 11.5 Å². The molecule has 4 rings (SSSR count). The summed E-state index contributed by atoms with van der Waals surface area (Å²) in [5, 5.41) is 2.79. The summed E-state index contributed by atoms with van der Waals surface area (Å²) < 4.78 is 51.3. The van der Waals surface area contributed by atoms with E-state index in [4.69, 9.17) is 9.47 Å². The second kappa shape index (κ2) is 8.65. The Morgan fingerprint density at radius 1 is 0.903 bits per heavy atom. The van der Waals surface area contributed by atoms with Crippen LogP contribution in [0, 0.1) is 5.82 Å². The predicted molar refractivity (Wildman–Crippen MR) is 112 cm³/mol. The highest BCUT2D eigenvalue weighted by Crippen LogP contribution is 2.30. The van der Waals surface area contributed by atoms with Gasteiger partial charge in [0.2, 0.25) is 0 Å². The van der Waals surface area contributed by atoms with E-state index in [-0.39, 0.29) is 23.0 Å². The number of anilines is 1. The van der Waals surface area contributed by atoms with Crippen LogP contribution in [0.3, 0.4) is 0 Å². The number of amides is 1. The lowest BCUT2D eigenvalue weighted by Gasteiger charge is -2.19. The number of fused-ring (bicyclic) bond motifs is 1. The molecule has 0 radical (unpaired) electrons. The van der Waals surface area contributed by atoms with Crippen LogP contribution >= 0.6 is 0 Å². The van der Waals surface area contributed by atoms with Crippen molar-refractivity contribution >= 4 is 21.6 Å². The van der Waals surface area contributed by atoms with E-state index in [0.29, 0.717) is 30.3 Å². The summed E-state index contributed by atoms with van der Waals surface area (Å²) in [4.78, 5) is 12.4. The number of carbonyl (C=O) groups is 1. The zero-order valence-corrected chi connectivity index (χ0v) is 17.1.